The van der Waals surface area contributed by atoms with E-state index >= 15 is 0 Å². The molecule has 66 valence electrons. The van der Waals surface area contributed by atoms with E-state index in [1.807, 2.05) is 0 Å². The lowest BCUT2D eigenvalue weighted by Crippen LogP contribution is -2.21. The Hall–Kier alpha value is -0.340. The molecule has 0 aromatic carbocycles. The van der Waals surface area contributed by atoms with Crippen molar-refractivity contribution in [1.29, 1.82) is 0 Å². The predicted octanol–water partition coefficient (Wildman–Crippen LogP) is 1.23. The second-order valence-corrected chi connectivity index (χ2v) is 3.19. The number of rotatable bonds is 5. The third-order valence-corrected chi connectivity index (χ3v) is 1.56. The lowest BCUT2D eigenvalue weighted by molar-refractivity contribution is 0.366. The molecule has 0 bridgehead atoms. The number of allylic oxidation sites excluding steroid dienone is 1. The average Bonchev–Trinajstić information content (AvgIpc) is 1.97. The molecule has 0 radical (unpaired) electrons. The maximum Gasteiger partial charge on any atom is 0.0162 e. The molecule has 0 saturated heterocycles. The largest absolute Gasteiger partial charge is 0.330 e. The summed E-state index contributed by atoms with van der Waals surface area (Å²) in [6, 6.07) is 0. The van der Waals surface area contributed by atoms with Crippen molar-refractivity contribution >= 4 is 0 Å². The van der Waals surface area contributed by atoms with Crippen molar-refractivity contribution in [2.45, 2.75) is 20.3 Å². The highest BCUT2D eigenvalue weighted by atomic mass is 15.1. The van der Waals surface area contributed by atoms with Crippen molar-refractivity contribution in [2.24, 2.45) is 5.73 Å². The van der Waals surface area contributed by atoms with E-state index in [0.29, 0.717) is 0 Å². The fraction of sp³-hybridized carbons (Fsp3) is 0.778. The summed E-state index contributed by atoms with van der Waals surface area (Å²) in [4.78, 5) is 2.28. The summed E-state index contributed by atoms with van der Waals surface area (Å²) in [7, 11) is 2.12. The molecule has 0 aliphatic rings. The minimum Gasteiger partial charge on any atom is -0.330 e. The molecule has 0 spiro atoms. The fourth-order valence-corrected chi connectivity index (χ4v) is 0.791. The standard InChI is InChI=1S/C9H20N2/c1-9(2)5-8-11(3)7-4-6-10/h5H,4,6-8,10H2,1-3H3. The van der Waals surface area contributed by atoms with Gasteiger partial charge in [0.2, 0.25) is 0 Å². The maximum atomic E-state index is 5.39. The highest BCUT2D eigenvalue weighted by Crippen LogP contribution is 1.91. The van der Waals surface area contributed by atoms with Gasteiger partial charge in [-0.2, -0.15) is 0 Å². The summed E-state index contributed by atoms with van der Waals surface area (Å²) in [5.74, 6) is 0. The molecule has 0 heterocycles. The van der Waals surface area contributed by atoms with E-state index in [9.17, 15) is 0 Å². The Bertz CT molecular complexity index is 115. The number of likely N-dealkylation sites (N-methyl/N-ethyl adjacent to an activating group) is 1. The molecule has 0 aromatic heterocycles. The molecular formula is C9H20N2. The van der Waals surface area contributed by atoms with E-state index < -0.39 is 0 Å². The van der Waals surface area contributed by atoms with Crippen molar-refractivity contribution in [2.75, 3.05) is 26.7 Å². The second-order valence-electron chi connectivity index (χ2n) is 3.19. The van der Waals surface area contributed by atoms with Crippen LogP contribution in [0.2, 0.25) is 0 Å². The molecule has 11 heavy (non-hydrogen) atoms. The van der Waals surface area contributed by atoms with Gasteiger partial charge in [0.15, 0.2) is 0 Å². The third-order valence-electron chi connectivity index (χ3n) is 1.56. The van der Waals surface area contributed by atoms with Crippen molar-refractivity contribution < 1.29 is 0 Å². The topological polar surface area (TPSA) is 29.3 Å². The van der Waals surface area contributed by atoms with Crippen LogP contribution >= 0.6 is 0 Å². The Morgan fingerprint density at radius 2 is 2.09 bits per heavy atom. The summed E-state index contributed by atoms with van der Waals surface area (Å²) < 4.78 is 0. The molecule has 0 aliphatic carbocycles. The molecule has 0 atom stereocenters. The molecule has 0 fully saturated rings. The van der Waals surface area contributed by atoms with Crippen LogP contribution in [0.4, 0.5) is 0 Å². The Balaban J connectivity index is 3.36. The van der Waals surface area contributed by atoms with Gasteiger partial charge in [0.1, 0.15) is 0 Å². The fourth-order valence-electron chi connectivity index (χ4n) is 0.791. The molecule has 0 amide bonds. The lowest BCUT2D eigenvalue weighted by Gasteiger charge is -2.13. The van der Waals surface area contributed by atoms with Crippen LogP contribution in [-0.4, -0.2) is 31.6 Å². The van der Waals surface area contributed by atoms with Crippen LogP contribution in [0.3, 0.4) is 0 Å². The minimum atomic E-state index is 0.791. The number of hydrogen-bond acceptors (Lipinski definition) is 2. The van der Waals surface area contributed by atoms with Crippen LogP contribution in [0.1, 0.15) is 20.3 Å². The summed E-state index contributed by atoms with van der Waals surface area (Å²) >= 11 is 0. The lowest BCUT2D eigenvalue weighted by atomic mass is 10.3. The molecule has 0 aromatic rings. The van der Waals surface area contributed by atoms with Crippen molar-refractivity contribution in [1.82, 2.24) is 4.90 Å². The van der Waals surface area contributed by atoms with Crippen LogP contribution in [0, 0.1) is 0 Å². The smallest absolute Gasteiger partial charge is 0.0162 e. The predicted molar refractivity (Wildman–Crippen MR) is 50.6 cm³/mol. The first-order chi connectivity index (χ1) is 5.16. The molecule has 0 aliphatic heterocycles. The monoisotopic (exact) mass is 156 g/mol. The van der Waals surface area contributed by atoms with Gasteiger partial charge in [0.05, 0.1) is 0 Å². The average molecular weight is 156 g/mol. The molecule has 0 saturated carbocycles. The molecule has 0 unspecified atom stereocenters. The third kappa shape index (κ3) is 7.56. The van der Waals surface area contributed by atoms with Crippen LogP contribution in [0.15, 0.2) is 11.6 Å². The van der Waals surface area contributed by atoms with Crippen molar-refractivity contribution in [3.05, 3.63) is 11.6 Å². The summed E-state index contributed by atoms with van der Waals surface area (Å²) in [5.41, 5.74) is 6.77. The zero-order valence-corrected chi connectivity index (χ0v) is 7.93. The number of nitrogens with two attached hydrogens (primary N) is 1. The highest BCUT2D eigenvalue weighted by molar-refractivity contribution is 4.94. The summed E-state index contributed by atoms with van der Waals surface area (Å²) in [5, 5.41) is 0. The summed E-state index contributed by atoms with van der Waals surface area (Å²) in [6.07, 6.45) is 3.32. The van der Waals surface area contributed by atoms with Gasteiger partial charge in [-0.25, -0.2) is 0 Å². The van der Waals surface area contributed by atoms with E-state index in [0.717, 1.165) is 26.1 Å². The van der Waals surface area contributed by atoms with Gasteiger partial charge in [-0.1, -0.05) is 11.6 Å². The Kier molecular flexibility index (Phi) is 6.18. The second kappa shape index (κ2) is 6.38. The first-order valence-corrected chi connectivity index (χ1v) is 4.18. The first kappa shape index (κ1) is 10.7. The number of hydrogen-bond donors (Lipinski definition) is 1. The maximum absolute atomic E-state index is 5.39. The van der Waals surface area contributed by atoms with E-state index in [2.05, 4.69) is 31.9 Å². The van der Waals surface area contributed by atoms with Gasteiger partial charge < -0.3 is 10.6 Å². The zero-order chi connectivity index (χ0) is 8.69. The quantitative estimate of drug-likeness (QED) is 0.607. The Labute approximate surface area is 70.1 Å². The van der Waals surface area contributed by atoms with E-state index in [-0.39, 0.29) is 0 Å². The minimum absolute atomic E-state index is 0.791. The SMILES string of the molecule is CC(C)=CCN(C)CCCN. The van der Waals surface area contributed by atoms with Gasteiger partial charge in [-0.3, -0.25) is 0 Å². The molecule has 2 nitrogen and oxygen atoms in total. The van der Waals surface area contributed by atoms with E-state index in [1.165, 1.54) is 5.57 Å². The van der Waals surface area contributed by atoms with Crippen LogP contribution in [0.25, 0.3) is 0 Å². The normalized spacial score (nSPS) is 10.3. The van der Waals surface area contributed by atoms with Gasteiger partial charge >= 0.3 is 0 Å². The molecule has 2 N–H and O–H groups in total. The van der Waals surface area contributed by atoms with E-state index in [1.54, 1.807) is 0 Å². The first-order valence-electron chi connectivity index (χ1n) is 4.18. The van der Waals surface area contributed by atoms with Crippen LogP contribution in [0.5, 0.6) is 0 Å². The van der Waals surface area contributed by atoms with Gasteiger partial charge in [-0.15, -0.1) is 0 Å². The summed E-state index contributed by atoms with van der Waals surface area (Å²) in [6.45, 7) is 7.18. The van der Waals surface area contributed by atoms with Crippen LogP contribution < -0.4 is 5.73 Å². The van der Waals surface area contributed by atoms with Gasteiger partial charge in [0.25, 0.3) is 0 Å². The zero-order valence-electron chi connectivity index (χ0n) is 7.93. The van der Waals surface area contributed by atoms with Gasteiger partial charge in [0, 0.05) is 6.54 Å². The number of nitrogens with zero attached hydrogens (tertiary/aromatic N) is 1. The van der Waals surface area contributed by atoms with Gasteiger partial charge in [-0.05, 0) is 40.4 Å². The Morgan fingerprint density at radius 1 is 1.45 bits per heavy atom. The molecular weight excluding hydrogens is 136 g/mol. The molecule has 0 rings (SSSR count). The molecule has 2 heteroatoms. The van der Waals surface area contributed by atoms with E-state index in [4.69, 9.17) is 5.73 Å². The Morgan fingerprint density at radius 3 is 2.55 bits per heavy atom. The highest BCUT2D eigenvalue weighted by Gasteiger charge is 1.92. The van der Waals surface area contributed by atoms with Crippen LogP contribution in [-0.2, 0) is 0 Å². The van der Waals surface area contributed by atoms with Crippen molar-refractivity contribution in [3.8, 4) is 0 Å². The van der Waals surface area contributed by atoms with Crippen molar-refractivity contribution in [3.63, 3.8) is 0 Å².